The first-order chi connectivity index (χ1) is 2.89. The lowest BCUT2D eigenvalue weighted by molar-refractivity contribution is -0.110. The van der Waals surface area contributed by atoms with Crippen LogP contribution in [0.15, 0.2) is 4.40 Å². The Morgan fingerprint density at radius 1 is 1.86 bits per heavy atom. The Balaban J connectivity index is 0.000000360. The largest absolute Gasteiger partial charge is 0.292 e. The van der Waals surface area contributed by atoms with Crippen LogP contribution in [0.25, 0.3) is 0 Å². The molecule has 1 heterocycles. The fourth-order valence-corrected chi connectivity index (χ4v) is 0.703. The predicted molar refractivity (Wildman–Crippen MR) is 37.3 cm³/mol. The fraction of sp³-hybridized carbons (Fsp3) is 0.333. The summed E-state index contributed by atoms with van der Waals surface area (Å²) in [5.74, 6) is 0.667. The number of rotatable bonds is 0. The average Bonchev–Trinajstić information content (AvgIpc) is 1.86. The van der Waals surface area contributed by atoms with Crippen LogP contribution in [0.3, 0.4) is 0 Å². The van der Waals surface area contributed by atoms with E-state index in [1.54, 1.807) is 0 Å². The molecule has 0 bridgehead atoms. The molecule has 0 amide bonds. The Morgan fingerprint density at radius 2 is 2.57 bits per heavy atom. The maximum absolute atomic E-state index is 10.1. The zero-order chi connectivity index (χ0) is 4.41. The number of ketones is 1. The number of nitrogens with zero attached hydrogens (tertiary/aromatic N) is 1. The molecule has 0 aromatic carbocycles. The minimum absolute atomic E-state index is 0. The standard InChI is InChI=1S/C3H3NOS.H4Si/c5-3-1-4-6-2-3;/h1H,2H2;1H4. The monoisotopic (exact) mass is 133 g/mol. The van der Waals surface area contributed by atoms with Gasteiger partial charge in [-0.3, -0.25) is 4.79 Å². The molecule has 0 aliphatic carbocycles. The summed E-state index contributed by atoms with van der Waals surface area (Å²) in [4.78, 5) is 10.1. The van der Waals surface area contributed by atoms with Gasteiger partial charge in [-0.2, -0.15) is 0 Å². The second-order valence-electron chi connectivity index (χ2n) is 0.974. The van der Waals surface area contributed by atoms with Gasteiger partial charge in [0, 0.05) is 0 Å². The second-order valence-corrected chi connectivity index (χ2v) is 1.73. The van der Waals surface area contributed by atoms with E-state index in [2.05, 4.69) is 4.40 Å². The van der Waals surface area contributed by atoms with Gasteiger partial charge in [0.1, 0.15) is 0 Å². The summed E-state index contributed by atoms with van der Waals surface area (Å²) < 4.78 is 3.61. The van der Waals surface area contributed by atoms with Crippen molar-refractivity contribution in [3.05, 3.63) is 0 Å². The molecule has 4 heteroatoms. The molecule has 0 spiro atoms. The van der Waals surface area contributed by atoms with E-state index >= 15 is 0 Å². The van der Waals surface area contributed by atoms with E-state index in [-0.39, 0.29) is 16.7 Å². The molecule has 0 radical (unpaired) electrons. The van der Waals surface area contributed by atoms with Crippen molar-refractivity contribution in [2.45, 2.75) is 0 Å². The van der Waals surface area contributed by atoms with Gasteiger partial charge >= 0.3 is 0 Å². The third-order valence-electron chi connectivity index (χ3n) is 0.478. The SMILES string of the molecule is O=C1C=NSC1.[SiH4]. The second kappa shape index (κ2) is 2.98. The van der Waals surface area contributed by atoms with Crippen molar-refractivity contribution in [1.82, 2.24) is 0 Å². The van der Waals surface area contributed by atoms with E-state index in [1.165, 1.54) is 18.2 Å². The summed E-state index contributed by atoms with van der Waals surface area (Å²) in [6.07, 6.45) is 1.35. The van der Waals surface area contributed by atoms with Crippen LogP contribution in [-0.2, 0) is 4.79 Å². The lowest BCUT2D eigenvalue weighted by Gasteiger charge is -1.67. The fourth-order valence-electron chi connectivity index (χ4n) is 0.234. The molecule has 0 atom stereocenters. The molecule has 7 heavy (non-hydrogen) atoms. The van der Waals surface area contributed by atoms with Gasteiger partial charge in [-0.1, -0.05) is 0 Å². The van der Waals surface area contributed by atoms with Crippen LogP contribution in [-0.4, -0.2) is 28.7 Å². The van der Waals surface area contributed by atoms with Gasteiger partial charge in [0.05, 0.1) is 12.0 Å². The Morgan fingerprint density at radius 3 is 2.71 bits per heavy atom. The summed E-state index contributed by atoms with van der Waals surface area (Å²) in [5.41, 5.74) is 0. The quantitative estimate of drug-likeness (QED) is 0.308. The molecule has 0 unspecified atom stereocenters. The van der Waals surface area contributed by atoms with Gasteiger partial charge in [0.2, 0.25) is 0 Å². The number of Topliss-reactive ketones (excluding diaryl/α,β-unsaturated/α-hetero) is 1. The summed E-state index contributed by atoms with van der Waals surface area (Å²) in [6.45, 7) is 0. The topological polar surface area (TPSA) is 29.4 Å². The minimum Gasteiger partial charge on any atom is -0.292 e. The molecule has 40 valence electrons. The first-order valence-electron chi connectivity index (χ1n) is 1.58. The van der Waals surface area contributed by atoms with Crippen molar-refractivity contribution in [3.8, 4) is 0 Å². The third-order valence-corrected chi connectivity index (χ3v) is 1.15. The molecule has 0 N–H and O–H groups in total. The van der Waals surface area contributed by atoms with Crippen molar-refractivity contribution in [1.29, 1.82) is 0 Å². The lowest BCUT2D eigenvalue weighted by Crippen LogP contribution is -1.93. The summed E-state index contributed by atoms with van der Waals surface area (Å²) >= 11 is 1.30. The predicted octanol–water partition coefficient (Wildman–Crippen LogP) is -1.16. The van der Waals surface area contributed by atoms with E-state index in [0.717, 1.165) is 0 Å². The van der Waals surface area contributed by atoms with Crippen molar-refractivity contribution in [2.75, 3.05) is 5.75 Å². The highest BCUT2D eigenvalue weighted by atomic mass is 32.2. The zero-order valence-corrected chi connectivity index (χ0v) is 3.86. The van der Waals surface area contributed by atoms with Crippen LogP contribution in [0.5, 0.6) is 0 Å². The number of carbonyl (C=O) groups excluding carboxylic acids is 1. The maximum Gasteiger partial charge on any atom is 0.186 e. The molecule has 1 aliphatic heterocycles. The van der Waals surface area contributed by atoms with Gasteiger partial charge < -0.3 is 0 Å². The first kappa shape index (κ1) is 6.91. The molecule has 2 nitrogen and oxygen atoms in total. The van der Waals surface area contributed by atoms with Gasteiger partial charge in [-0.25, -0.2) is 4.40 Å². The number of carbonyl (C=O) groups is 1. The first-order valence-corrected chi connectivity index (χ1v) is 2.52. The molecule has 0 saturated heterocycles. The Hall–Kier alpha value is -0.0931. The Kier molecular flexibility index (Phi) is 2.94. The van der Waals surface area contributed by atoms with Crippen molar-refractivity contribution >= 4 is 34.9 Å². The summed E-state index contributed by atoms with van der Waals surface area (Å²) in [7, 11) is 0. The number of hydrogen-bond donors (Lipinski definition) is 0. The average molecular weight is 133 g/mol. The van der Waals surface area contributed by atoms with Crippen LogP contribution in [0, 0.1) is 0 Å². The van der Waals surface area contributed by atoms with Crippen LogP contribution in [0.4, 0.5) is 0 Å². The van der Waals surface area contributed by atoms with Crippen LogP contribution in [0.1, 0.15) is 0 Å². The highest BCUT2D eigenvalue weighted by Gasteiger charge is 2.01. The van der Waals surface area contributed by atoms with E-state index in [1.807, 2.05) is 0 Å². The molecule has 0 aromatic rings. The summed E-state index contributed by atoms with van der Waals surface area (Å²) in [5, 5.41) is 0. The highest BCUT2D eigenvalue weighted by Crippen LogP contribution is 2.05. The highest BCUT2D eigenvalue weighted by molar-refractivity contribution is 7.99. The lowest BCUT2D eigenvalue weighted by atomic mass is 10.5. The summed E-state index contributed by atoms with van der Waals surface area (Å²) in [6, 6.07) is 0. The smallest absolute Gasteiger partial charge is 0.186 e. The Bertz CT molecular complexity index is 103. The van der Waals surface area contributed by atoms with Gasteiger partial charge in [-0.15, -0.1) is 0 Å². The maximum atomic E-state index is 10.1. The van der Waals surface area contributed by atoms with Crippen molar-refractivity contribution < 1.29 is 4.79 Å². The van der Waals surface area contributed by atoms with Crippen LogP contribution in [0.2, 0.25) is 0 Å². The van der Waals surface area contributed by atoms with Crippen molar-refractivity contribution in [2.24, 2.45) is 4.40 Å². The van der Waals surface area contributed by atoms with E-state index in [9.17, 15) is 4.79 Å². The van der Waals surface area contributed by atoms with E-state index in [0.29, 0.717) is 5.75 Å². The molecule has 1 aliphatic rings. The van der Waals surface area contributed by atoms with E-state index in [4.69, 9.17) is 0 Å². The third kappa shape index (κ3) is 1.89. The zero-order valence-electron chi connectivity index (χ0n) is 3.05. The Labute approximate surface area is 50.6 Å². The van der Waals surface area contributed by atoms with Crippen LogP contribution >= 0.6 is 11.9 Å². The molecule has 0 aromatic heterocycles. The molecule has 1 rings (SSSR count). The van der Waals surface area contributed by atoms with Gasteiger partial charge in [-0.05, 0) is 22.9 Å². The van der Waals surface area contributed by atoms with Crippen molar-refractivity contribution in [3.63, 3.8) is 0 Å². The van der Waals surface area contributed by atoms with E-state index < -0.39 is 0 Å². The minimum atomic E-state index is 0. The molecule has 0 fully saturated rings. The normalized spacial score (nSPS) is 16.9. The number of hydrogen-bond acceptors (Lipinski definition) is 3. The molecular weight excluding hydrogens is 126 g/mol. The van der Waals surface area contributed by atoms with Crippen LogP contribution < -0.4 is 0 Å². The van der Waals surface area contributed by atoms with Gasteiger partial charge in [0.15, 0.2) is 5.78 Å². The van der Waals surface area contributed by atoms with Gasteiger partial charge in [0.25, 0.3) is 0 Å². The molecule has 0 saturated carbocycles. The molecular formula is C3H7NOSSi.